The summed E-state index contributed by atoms with van der Waals surface area (Å²) < 4.78 is 16.9. The van der Waals surface area contributed by atoms with Gasteiger partial charge in [0.25, 0.3) is 0 Å². The zero-order chi connectivity index (χ0) is 14.8. The molecule has 6 heteroatoms. The van der Waals surface area contributed by atoms with Gasteiger partial charge in [-0.25, -0.2) is 9.07 Å². The van der Waals surface area contributed by atoms with Crippen LogP contribution in [0.1, 0.15) is 17.0 Å². The highest BCUT2D eigenvalue weighted by molar-refractivity contribution is 5.82. The Morgan fingerprint density at radius 2 is 1.90 bits per heavy atom. The minimum Gasteiger partial charge on any atom is -0.318 e. The van der Waals surface area contributed by atoms with E-state index in [0.717, 1.165) is 22.6 Å². The molecule has 0 bridgehead atoms. The number of hydrogen-bond acceptors (Lipinski definition) is 3. The van der Waals surface area contributed by atoms with E-state index in [4.69, 9.17) is 0 Å². The van der Waals surface area contributed by atoms with Gasteiger partial charge in [-0.2, -0.15) is 5.10 Å². The summed E-state index contributed by atoms with van der Waals surface area (Å²) in [5, 5.41) is 11.6. The minimum atomic E-state index is -0.250. The molecule has 0 spiro atoms. The number of halogens is 1. The van der Waals surface area contributed by atoms with Crippen LogP contribution in [0.15, 0.2) is 48.1 Å². The lowest BCUT2D eigenvalue weighted by molar-refractivity contribution is 0.626. The van der Waals surface area contributed by atoms with Gasteiger partial charge in [-0.3, -0.25) is 0 Å². The Hall–Kier alpha value is -2.76. The zero-order valence-electron chi connectivity index (χ0n) is 11.7. The topological polar surface area (TPSA) is 48.0 Å². The summed E-state index contributed by atoms with van der Waals surface area (Å²) in [4.78, 5) is 0. The van der Waals surface area contributed by atoms with Crippen molar-refractivity contribution in [1.82, 2.24) is 19.4 Å². The van der Waals surface area contributed by atoms with E-state index in [1.165, 1.54) is 29.5 Å². The predicted molar refractivity (Wildman–Crippen MR) is 78.2 cm³/mol. The molecule has 0 fully saturated rings. The molecule has 0 amide bonds. The molecule has 3 rings (SSSR count). The van der Waals surface area contributed by atoms with Gasteiger partial charge in [-0.1, -0.05) is 6.07 Å². The standard InChI is InChI=1S/C15H14FN5/c1-11-6-13(8-19-20-9-17-18-10-20)12(2)21(11)15-5-3-4-14(16)7-15/h3-10H,1-2H3/b19-8-. The second-order valence-electron chi connectivity index (χ2n) is 4.73. The van der Waals surface area contributed by atoms with Crippen molar-refractivity contribution in [2.45, 2.75) is 13.8 Å². The summed E-state index contributed by atoms with van der Waals surface area (Å²) in [7, 11) is 0. The highest BCUT2D eigenvalue weighted by atomic mass is 19.1. The van der Waals surface area contributed by atoms with Gasteiger partial charge in [-0.15, -0.1) is 10.2 Å². The molecule has 0 N–H and O–H groups in total. The molecule has 2 aromatic heterocycles. The first kappa shape index (κ1) is 13.2. The van der Waals surface area contributed by atoms with Crippen LogP contribution in [0.4, 0.5) is 4.39 Å². The zero-order valence-corrected chi connectivity index (χ0v) is 11.7. The van der Waals surface area contributed by atoms with E-state index in [2.05, 4.69) is 15.3 Å². The summed E-state index contributed by atoms with van der Waals surface area (Å²) >= 11 is 0. The van der Waals surface area contributed by atoms with Crippen molar-refractivity contribution in [2.24, 2.45) is 5.10 Å². The van der Waals surface area contributed by atoms with Crippen LogP contribution in [0.2, 0.25) is 0 Å². The molecule has 0 aliphatic carbocycles. The molecule has 0 saturated carbocycles. The molecule has 3 aromatic rings. The van der Waals surface area contributed by atoms with Crippen LogP contribution in [0.25, 0.3) is 5.69 Å². The highest BCUT2D eigenvalue weighted by Gasteiger charge is 2.09. The van der Waals surface area contributed by atoms with Crippen LogP contribution < -0.4 is 0 Å². The van der Waals surface area contributed by atoms with Crippen LogP contribution in [-0.2, 0) is 0 Å². The average molecular weight is 283 g/mol. The Morgan fingerprint density at radius 1 is 1.14 bits per heavy atom. The molecule has 5 nitrogen and oxygen atoms in total. The Labute approximate surface area is 121 Å². The van der Waals surface area contributed by atoms with E-state index in [1.807, 2.05) is 30.5 Å². The van der Waals surface area contributed by atoms with Crippen LogP contribution in [-0.4, -0.2) is 25.7 Å². The molecule has 0 radical (unpaired) electrons. The second-order valence-corrected chi connectivity index (χ2v) is 4.73. The molecule has 0 aliphatic rings. The number of aromatic nitrogens is 4. The lowest BCUT2D eigenvalue weighted by atomic mass is 10.2. The van der Waals surface area contributed by atoms with E-state index >= 15 is 0 Å². The van der Waals surface area contributed by atoms with E-state index in [-0.39, 0.29) is 5.82 Å². The third-order valence-electron chi connectivity index (χ3n) is 3.27. The third-order valence-corrected chi connectivity index (χ3v) is 3.27. The van der Waals surface area contributed by atoms with Gasteiger partial charge in [0.05, 0.1) is 6.21 Å². The fraction of sp³-hybridized carbons (Fsp3) is 0.133. The monoisotopic (exact) mass is 283 g/mol. The van der Waals surface area contributed by atoms with Crippen molar-refractivity contribution < 1.29 is 4.39 Å². The van der Waals surface area contributed by atoms with Crippen molar-refractivity contribution in [1.29, 1.82) is 0 Å². The van der Waals surface area contributed by atoms with Crippen LogP contribution in [0.3, 0.4) is 0 Å². The van der Waals surface area contributed by atoms with Gasteiger partial charge in [0.2, 0.25) is 0 Å². The SMILES string of the molecule is Cc1cc(/C=N\n2cnnc2)c(C)n1-c1cccc(F)c1. The van der Waals surface area contributed by atoms with Crippen LogP contribution in [0.5, 0.6) is 0 Å². The van der Waals surface area contributed by atoms with Gasteiger partial charge in [0.15, 0.2) is 0 Å². The summed E-state index contributed by atoms with van der Waals surface area (Å²) in [5.74, 6) is -0.250. The lowest BCUT2D eigenvalue weighted by Gasteiger charge is -2.09. The maximum Gasteiger partial charge on any atom is 0.141 e. The molecule has 0 atom stereocenters. The lowest BCUT2D eigenvalue weighted by Crippen LogP contribution is -2.00. The predicted octanol–water partition coefficient (Wildman–Crippen LogP) is 2.71. The average Bonchev–Trinajstić information content (AvgIpc) is 3.05. The molecular formula is C15H14FN5. The van der Waals surface area contributed by atoms with E-state index < -0.39 is 0 Å². The first-order chi connectivity index (χ1) is 10.1. The fourth-order valence-electron chi connectivity index (χ4n) is 2.31. The molecule has 21 heavy (non-hydrogen) atoms. The Bertz CT molecular complexity index is 787. The maximum atomic E-state index is 13.4. The maximum absolute atomic E-state index is 13.4. The first-order valence-electron chi connectivity index (χ1n) is 6.49. The summed E-state index contributed by atoms with van der Waals surface area (Å²) in [6.45, 7) is 3.96. The largest absolute Gasteiger partial charge is 0.318 e. The molecule has 0 saturated heterocycles. The quantitative estimate of drug-likeness (QED) is 0.694. The van der Waals surface area contributed by atoms with Crippen molar-refractivity contribution >= 4 is 6.21 Å². The molecule has 1 aromatic carbocycles. The van der Waals surface area contributed by atoms with E-state index in [0.29, 0.717) is 0 Å². The van der Waals surface area contributed by atoms with E-state index in [1.54, 1.807) is 12.3 Å². The number of aryl methyl sites for hydroxylation is 1. The van der Waals surface area contributed by atoms with E-state index in [9.17, 15) is 4.39 Å². The second kappa shape index (κ2) is 5.32. The van der Waals surface area contributed by atoms with Gasteiger partial charge < -0.3 is 4.57 Å². The molecular weight excluding hydrogens is 269 g/mol. The smallest absolute Gasteiger partial charge is 0.141 e. The minimum absolute atomic E-state index is 0.250. The molecule has 106 valence electrons. The number of nitrogens with zero attached hydrogens (tertiary/aromatic N) is 5. The van der Waals surface area contributed by atoms with Crippen LogP contribution in [0, 0.1) is 19.7 Å². The Kier molecular flexibility index (Phi) is 3.35. The molecule has 0 unspecified atom stereocenters. The summed E-state index contributed by atoms with van der Waals surface area (Å²) in [6, 6.07) is 8.54. The number of benzene rings is 1. The summed E-state index contributed by atoms with van der Waals surface area (Å²) in [5.41, 5.74) is 3.78. The highest BCUT2D eigenvalue weighted by Crippen LogP contribution is 2.20. The van der Waals surface area contributed by atoms with Gasteiger partial charge in [-0.05, 0) is 38.1 Å². The van der Waals surface area contributed by atoms with Gasteiger partial charge in [0, 0.05) is 22.6 Å². The molecule has 2 heterocycles. The Morgan fingerprint density at radius 3 is 2.62 bits per heavy atom. The van der Waals surface area contributed by atoms with Gasteiger partial charge in [0.1, 0.15) is 18.5 Å². The molecule has 0 aliphatic heterocycles. The Balaban J connectivity index is 2.00. The number of hydrogen-bond donors (Lipinski definition) is 0. The number of rotatable bonds is 3. The van der Waals surface area contributed by atoms with Crippen molar-refractivity contribution in [3.05, 3.63) is 65.8 Å². The third kappa shape index (κ3) is 2.60. The van der Waals surface area contributed by atoms with Crippen molar-refractivity contribution in [3.8, 4) is 5.69 Å². The van der Waals surface area contributed by atoms with Crippen molar-refractivity contribution in [2.75, 3.05) is 0 Å². The van der Waals surface area contributed by atoms with Crippen molar-refractivity contribution in [3.63, 3.8) is 0 Å². The first-order valence-corrected chi connectivity index (χ1v) is 6.49. The normalized spacial score (nSPS) is 11.4. The van der Waals surface area contributed by atoms with Gasteiger partial charge >= 0.3 is 0 Å². The fourth-order valence-corrected chi connectivity index (χ4v) is 2.31. The van der Waals surface area contributed by atoms with Crippen LogP contribution >= 0.6 is 0 Å². The summed E-state index contributed by atoms with van der Waals surface area (Å²) in [6.07, 6.45) is 4.77.